The molecule has 0 spiro atoms. The summed E-state index contributed by atoms with van der Waals surface area (Å²) in [5.41, 5.74) is 2.09. The maximum atomic E-state index is 12.2. The molecule has 0 aromatic heterocycles. The molecule has 4 heteroatoms. The number of likely N-dealkylation sites (N-methyl/N-ethyl adjacent to an activating group) is 1. The van der Waals surface area contributed by atoms with Crippen molar-refractivity contribution < 1.29 is 9.90 Å². The summed E-state index contributed by atoms with van der Waals surface area (Å²) in [5, 5.41) is 18.6. The second-order valence-corrected chi connectivity index (χ2v) is 4.87. The number of phenolic OH excluding ortho intramolecular Hbond substituents is 1. The number of nitriles is 1. The Bertz CT molecular complexity index is 689. The van der Waals surface area contributed by atoms with E-state index in [1.165, 1.54) is 0 Å². The normalized spacial score (nSPS) is 9.90. The van der Waals surface area contributed by atoms with Crippen LogP contribution in [-0.4, -0.2) is 23.0 Å². The van der Waals surface area contributed by atoms with Gasteiger partial charge in [-0.05, 0) is 23.8 Å². The second kappa shape index (κ2) is 6.58. The van der Waals surface area contributed by atoms with Crippen molar-refractivity contribution in [3.05, 3.63) is 65.2 Å². The van der Waals surface area contributed by atoms with Crippen LogP contribution in [0.2, 0.25) is 0 Å². The molecule has 106 valence electrons. The van der Waals surface area contributed by atoms with Crippen LogP contribution in [0.4, 0.5) is 0 Å². The molecule has 1 amide bonds. The molecule has 0 saturated heterocycles. The Morgan fingerprint density at radius 2 is 2.00 bits per heavy atom. The molecule has 21 heavy (non-hydrogen) atoms. The van der Waals surface area contributed by atoms with Crippen molar-refractivity contribution in [2.75, 3.05) is 7.05 Å². The van der Waals surface area contributed by atoms with Gasteiger partial charge in [0.15, 0.2) is 0 Å². The second-order valence-electron chi connectivity index (χ2n) is 4.87. The van der Waals surface area contributed by atoms with Gasteiger partial charge >= 0.3 is 0 Å². The van der Waals surface area contributed by atoms with Gasteiger partial charge < -0.3 is 10.0 Å². The van der Waals surface area contributed by atoms with Crippen LogP contribution in [-0.2, 0) is 17.8 Å². The van der Waals surface area contributed by atoms with E-state index in [1.807, 2.05) is 6.07 Å². The highest BCUT2D eigenvalue weighted by Gasteiger charge is 2.12. The lowest BCUT2D eigenvalue weighted by atomic mass is 10.1. The lowest BCUT2D eigenvalue weighted by Gasteiger charge is -2.17. The Morgan fingerprint density at radius 1 is 1.24 bits per heavy atom. The Hall–Kier alpha value is -2.80. The van der Waals surface area contributed by atoms with Gasteiger partial charge in [-0.25, -0.2) is 0 Å². The first-order chi connectivity index (χ1) is 10.1. The maximum absolute atomic E-state index is 12.2. The minimum atomic E-state index is -0.0844. The Kier molecular flexibility index (Phi) is 4.57. The van der Waals surface area contributed by atoms with Crippen molar-refractivity contribution in [2.24, 2.45) is 0 Å². The number of hydrogen-bond acceptors (Lipinski definition) is 3. The number of phenols is 1. The van der Waals surface area contributed by atoms with Gasteiger partial charge in [0, 0.05) is 19.2 Å². The van der Waals surface area contributed by atoms with E-state index >= 15 is 0 Å². The van der Waals surface area contributed by atoms with Gasteiger partial charge in [0.1, 0.15) is 5.75 Å². The van der Waals surface area contributed by atoms with E-state index in [0.717, 1.165) is 5.56 Å². The lowest BCUT2D eigenvalue weighted by Crippen LogP contribution is -2.27. The first kappa shape index (κ1) is 14.6. The molecule has 2 aromatic carbocycles. The molecule has 1 N–H and O–H groups in total. The third-order valence-corrected chi connectivity index (χ3v) is 3.23. The van der Waals surface area contributed by atoms with Gasteiger partial charge in [0.2, 0.25) is 5.91 Å². The van der Waals surface area contributed by atoms with E-state index < -0.39 is 0 Å². The van der Waals surface area contributed by atoms with Crippen molar-refractivity contribution in [2.45, 2.75) is 13.0 Å². The number of carbonyl (C=O) groups excluding carboxylic acids is 1. The largest absolute Gasteiger partial charge is 0.508 e. The fourth-order valence-electron chi connectivity index (χ4n) is 2.06. The summed E-state index contributed by atoms with van der Waals surface area (Å²) in [7, 11) is 1.71. The van der Waals surface area contributed by atoms with E-state index in [0.29, 0.717) is 17.7 Å². The summed E-state index contributed by atoms with van der Waals surface area (Å²) in [6.07, 6.45) is 0.154. The van der Waals surface area contributed by atoms with Gasteiger partial charge in [-0.1, -0.05) is 30.3 Å². The molecule has 4 nitrogen and oxygen atoms in total. The molecule has 0 radical (unpaired) electrons. The maximum Gasteiger partial charge on any atom is 0.227 e. The highest BCUT2D eigenvalue weighted by atomic mass is 16.3. The van der Waals surface area contributed by atoms with Crippen molar-refractivity contribution in [1.29, 1.82) is 5.26 Å². The topological polar surface area (TPSA) is 64.3 Å². The first-order valence-corrected chi connectivity index (χ1v) is 6.60. The van der Waals surface area contributed by atoms with Gasteiger partial charge in [-0.15, -0.1) is 0 Å². The summed E-state index contributed by atoms with van der Waals surface area (Å²) in [5.74, 6) is 0.0459. The summed E-state index contributed by atoms with van der Waals surface area (Å²) in [6.45, 7) is 0.432. The standard InChI is InChI=1S/C17H16N2O2/c1-19(12-14-6-4-5-13(9-14)11-18)17(21)10-15-7-2-3-8-16(15)20/h2-9,20H,10,12H2,1H3. The predicted octanol–water partition coefficient (Wildman–Crippen LogP) is 2.46. The molecule has 0 fully saturated rings. The SMILES string of the molecule is CN(Cc1cccc(C#N)c1)C(=O)Cc1ccccc1O. The highest BCUT2D eigenvalue weighted by Crippen LogP contribution is 2.17. The molecule has 2 rings (SSSR count). The monoisotopic (exact) mass is 280 g/mol. The highest BCUT2D eigenvalue weighted by molar-refractivity contribution is 5.79. The number of aromatic hydroxyl groups is 1. The van der Waals surface area contributed by atoms with Crippen LogP contribution in [0.25, 0.3) is 0 Å². The number of carbonyl (C=O) groups is 1. The number of rotatable bonds is 4. The van der Waals surface area contributed by atoms with Gasteiger partial charge in [0.25, 0.3) is 0 Å². The van der Waals surface area contributed by atoms with Crippen molar-refractivity contribution in [1.82, 2.24) is 4.90 Å². The molecule has 0 aliphatic carbocycles. The molecular weight excluding hydrogens is 264 g/mol. The predicted molar refractivity (Wildman–Crippen MR) is 79.4 cm³/mol. The zero-order chi connectivity index (χ0) is 15.2. The van der Waals surface area contributed by atoms with Gasteiger partial charge in [-0.3, -0.25) is 4.79 Å². The minimum absolute atomic E-state index is 0.0844. The van der Waals surface area contributed by atoms with Crippen LogP contribution in [0.5, 0.6) is 5.75 Å². The smallest absolute Gasteiger partial charge is 0.227 e. The van der Waals surface area contributed by atoms with Crippen LogP contribution in [0.1, 0.15) is 16.7 Å². The Morgan fingerprint density at radius 3 is 2.71 bits per heavy atom. The summed E-state index contributed by atoms with van der Waals surface area (Å²) < 4.78 is 0. The summed E-state index contributed by atoms with van der Waals surface area (Å²) >= 11 is 0. The average molecular weight is 280 g/mol. The van der Waals surface area contributed by atoms with Crippen LogP contribution in [0, 0.1) is 11.3 Å². The van der Waals surface area contributed by atoms with E-state index in [-0.39, 0.29) is 18.1 Å². The van der Waals surface area contributed by atoms with Crippen LogP contribution >= 0.6 is 0 Å². The van der Waals surface area contributed by atoms with Gasteiger partial charge in [-0.2, -0.15) is 5.26 Å². The van der Waals surface area contributed by atoms with Gasteiger partial charge in [0.05, 0.1) is 18.1 Å². The number of para-hydroxylation sites is 1. The van der Waals surface area contributed by atoms with Crippen molar-refractivity contribution in [3.63, 3.8) is 0 Å². The first-order valence-electron chi connectivity index (χ1n) is 6.60. The molecule has 0 unspecified atom stereocenters. The minimum Gasteiger partial charge on any atom is -0.508 e. The Labute approximate surface area is 123 Å². The number of amides is 1. The fraction of sp³-hybridized carbons (Fsp3) is 0.176. The molecule has 0 aliphatic rings. The number of benzene rings is 2. The summed E-state index contributed by atoms with van der Waals surface area (Å²) in [6, 6.07) is 16.1. The van der Waals surface area contributed by atoms with Crippen molar-refractivity contribution >= 4 is 5.91 Å². The lowest BCUT2D eigenvalue weighted by molar-refractivity contribution is -0.129. The Balaban J connectivity index is 2.03. The van der Waals surface area contributed by atoms with E-state index in [4.69, 9.17) is 5.26 Å². The van der Waals surface area contributed by atoms with E-state index in [2.05, 4.69) is 6.07 Å². The molecule has 2 aromatic rings. The van der Waals surface area contributed by atoms with Crippen LogP contribution in [0.3, 0.4) is 0 Å². The van der Waals surface area contributed by atoms with Crippen LogP contribution < -0.4 is 0 Å². The third-order valence-electron chi connectivity index (χ3n) is 3.23. The fourth-order valence-corrected chi connectivity index (χ4v) is 2.06. The molecule has 0 bridgehead atoms. The quantitative estimate of drug-likeness (QED) is 0.935. The number of hydrogen-bond donors (Lipinski definition) is 1. The van der Waals surface area contributed by atoms with E-state index in [9.17, 15) is 9.90 Å². The molecule has 0 atom stereocenters. The average Bonchev–Trinajstić information content (AvgIpc) is 2.49. The molecular formula is C17H16N2O2. The summed E-state index contributed by atoms with van der Waals surface area (Å²) in [4.78, 5) is 13.8. The zero-order valence-corrected chi connectivity index (χ0v) is 11.8. The van der Waals surface area contributed by atoms with E-state index in [1.54, 1.807) is 54.4 Å². The third kappa shape index (κ3) is 3.83. The number of nitrogens with zero attached hydrogens (tertiary/aromatic N) is 2. The molecule has 0 heterocycles. The van der Waals surface area contributed by atoms with Crippen LogP contribution in [0.15, 0.2) is 48.5 Å². The molecule has 0 aliphatic heterocycles. The molecule has 0 saturated carbocycles. The van der Waals surface area contributed by atoms with Crippen molar-refractivity contribution in [3.8, 4) is 11.8 Å². The zero-order valence-electron chi connectivity index (χ0n) is 11.8.